The van der Waals surface area contributed by atoms with Crippen LogP contribution in [0, 0.1) is 5.82 Å². The van der Waals surface area contributed by atoms with Crippen LogP contribution in [0.3, 0.4) is 0 Å². The Kier molecular flexibility index (Phi) is 4.29. The van der Waals surface area contributed by atoms with E-state index in [4.69, 9.17) is 4.74 Å². The smallest absolute Gasteiger partial charge is 0.344 e. The van der Waals surface area contributed by atoms with Crippen LogP contribution in [-0.2, 0) is 0 Å². The molecule has 0 saturated heterocycles. The van der Waals surface area contributed by atoms with Gasteiger partial charge in [-0.05, 0) is 65.3 Å². The lowest BCUT2D eigenvalue weighted by Gasteiger charge is -2.06. The summed E-state index contributed by atoms with van der Waals surface area (Å²) in [6.07, 6.45) is 0. The van der Waals surface area contributed by atoms with E-state index in [1.165, 1.54) is 31.2 Å². The molecule has 2 aromatic rings. The van der Waals surface area contributed by atoms with Gasteiger partial charge in [0.05, 0.1) is 5.56 Å². The second kappa shape index (κ2) is 5.96. The second-order valence-electron chi connectivity index (χ2n) is 4.09. The maximum Gasteiger partial charge on any atom is 0.344 e. The van der Waals surface area contributed by atoms with Crippen LogP contribution in [0.5, 0.6) is 5.75 Å². The summed E-state index contributed by atoms with van der Waals surface area (Å²) in [5.41, 5.74) is 0.623. The molecule has 2 aromatic carbocycles. The van der Waals surface area contributed by atoms with E-state index >= 15 is 0 Å². The summed E-state index contributed by atoms with van der Waals surface area (Å²) < 4.78 is 18.7. The number of ketones is 1. The number of carbonyl (C=O) groups excluding carboxylic acids is 2. The lowest BCUT2D eigenvalue weighted by molar-refractivity contribution is 0.0733. The summed E-state index contributed by atoms with van der Waals surface area (Å²) >= 11 is 3.16. The van der Waals surface area contributed by atoms with E-state index in [2.05, 4.69) is 15.9 Å². The van der Waals surface area contributed by atoms with E-state index in [1.54, 1.807) is 12.1 Å². The van der Waals surface area contributed by atoms with Gasteiger partial charge in [0.2, 0.25) is 0 Å². The normalized spacial score (nSPS) is 10.2. The molecule has 0 unspecified atom stereocenters. The quantitative estimate of drug-likeness (QED) is 0.483. The van der Waals surface area contributed by atoms with Crippen molar-refractivity contribution in [3.05, 3.63) is 63.9 Å². The highest BCUT2D eigenvalue weighted by atomic mass is 79.9. The Hall–Kier alpha value is -2.01. The molecule has 0 fully saturated rings. The first-order valence-corrected chi connectivity index (χ1v) is 6.55. The van der Waals surface area contributed by atoms with Gasteiger partial charge in [-0.2, -0.15) is 0 Å². The average Bonchev–Trinajstić information content (AvgIpc) is 2.42. The number of benzene rings is 2. The minimum Gasteiger partial charge on any atom is -0.423 e. The van der Waals surface area contributed by atoms with Crippen LogP contribution >= 0.6 is 15.9 Å². The van der Waals surface area contributed by atoms with Gasteiger partial charge in [-0.15, -0.1) is 0 Å². The molecule has 2 rings (SSSR count). The fourth-order valence-corrected chi connectivity index (χ4v) is 1.98. The van der Waals surface area contributed by atoms with Crippen molar-refractivity contribution in [3.8, 4) is 5.75 Å². The third-order valence-corrected chi connectivity index (χ3v) is 3.31. The first-order valence-electron chi connectivity index (χ1n) is 5.75. The number of hydrogen-bond donors (Lipinski definition) is 0. The molecule has 0 aliphatic heterocycles. The minimum atomic E-state index is -0.674. The maximum atomic E-state index is 13.1. The summed E-state index contributed by atoms with van der Waals surface area (Å²) in [6.45, 7) is 1.45. The lowest BCUT2D eigenvalue weighted by atomic mass is 10.1. The summed E-state index contributed by atoms with van der Waals surface area (Å²) in [5, 5.41) is 0. The van der Waals surface area contributed by atoms with Crippen molar-refractivity contribution in [1.29, 1.82) is 0 Å². The highest BCUT2D eigenvalue weighted by molar-refractivity contribution is 9.10. The Morgan fingerprint density at radius 1 is 1.10 bits per heavy atom. The number of carbonyl (C=O) groups is 2. The first-order chi connectivity index (χ1) is 9.47. The molecular formula is C15H10BrFO3. The molecule has 20 heavy (non-hydrogen) atoms. The highest BCUT2D eigenvalue weighted by Gasteiger charge is 2.13. The number of ether oxygens (including phenoxy) is 1. The Balaban J connectivity index is 2.19. The van der Waals surface area contributed by atoms with Crippen molar-refractivity contribution in [2.24, 2.45) is 0 Å². The molecule has 0 N–H and O–H groups in total. The highest BCUT2D eigenvalue weighted by Crippen LogP contribution is 2.21. The molecule has 0 spiro atoms. The number of hydrogen-bond acceptors (Lipinski definition) is 3. The van der Waals surface area contributed by atoms with E-state index in [0.717, 1.165) is 6.07 Å². The molecule has 0 aliphatic carbocycles. The zero-order chi connectivity index (χ0) is 14.7. The van der Waals surface area contributed by atoms with Gasteiger partial charge in [-0.3, -0.25) is 4.79 Å². The van der Waals surface area contributed by atoms with Crippen LogP contribution in [0.1, 0.15) is 27.6 Å². The van der Waals surface area contributed by atoms with Crippen molar-refractivity contribution in [3.63, 3.8) is 0 Å². The summed E-state index contributed by atoms with van der Waals surface area (Å²) in [4.78, 5) is 23.0. The van der Waals surface area contributed by atoms with Crippen LogP contribution in [0.25, 0.3) is 0 Å². The second-order valence-corrected chi connectivity index (χ2v) is 4.95. The lowest BCUT2D eigenvalue weighted by Crippen LogP contribution is -2.09. The molecule has 0 radical (unpaired) electrons. The molecule has 0 amide bonds. The zero-order valence-corrected chi connectivity index (χ0v) is 12.1. The van der Waals surface area contributed by atoms with Crippen LogP contribution in [0.4, 0.5) is 4.39 Å². The van der Waals surface area contributed by atoms with E-state index in [1.807, 2.05) is 0 Å². The Labute approximate surface area is 123 Å². The Morgan fingerprint density at radius 3 is 2.35 bits per heavy atom. The number of halogens is 2. The predicted molar refractivity (Wildman–Crippen MR) is 75.5 cm³/mol. The molecular weight excluding hydrogens is 327 g/mol. The molecule has 0 aromatic heterocycles. The SMILES string of the molecule is CC(=O)c1ccc(OC(=O)c2cc(F)ccc2Br)cc1. The van der Waals surface area contributed by atoms with Gasteiger partial charge < -0.3 is 4.74 Å². The number of esters is 1. The van der Waals surface area contributed by atoms with Crippen LogP contribution in [0.15, 0.2) is 46.9 Å². The first kappa shape index (κ1) is 14.4. The van der Waals surface area contributed by atoms with E-state index in [9.17, 15) is 14.0 Å². The molecule has 102 valence electrons. The van der Waals surface area contributed by atoms with Gasteiger partial charge in [0.1, 0.15) is 11.6 Å². The summed E-state index contributed by atoms with van der Waals surface area (Å²) in [6, 6.07) is 9.92. The van der Waals surface area contributed by atoms with Gasteiger partial charge in [0.25, 0.3) is 0 Å². The molecule has 3 nitrogen and oxygen atoms in total. The molecule has 0 heterocycles. The Morgan fingerprint density at radius 2 is 1.75 bits per heavy atom. The molecule has 5 heteroatoms. The number of Topliss-reactive ketones (excluding diaryl/α,β-unsaturated/α-hetero) is 1. The van der Waals surface area contributed by atoms with Gasteiger partial charge in [-0.25, -0.2) is 9.18 Å². The van der Waals surface area contributed by atoms with Crippen molar-refractivity contribution in [1.82, 2.24) is 0 Å². The maximum absolute atomic E-state index is 13.1. The van der Waals surface area contributed by atoms with E-state index in [0.29, 0.717) is 10.0 Å². The fraction of sp³-hybridized carbons (Fsp3) is 0.0667. The zero-order valence-electron chi connectivity index (χ0n) is 10.5. The predicted octanol–water partition coefficient (Wildman–Crippen LogP) is 4.01. The molecule has 0 atom stereocenters. The molecule has 0 saturated carbocycles. The van der Waals surface area contributed by atoms with Crippen molar-refractivity contribution >= 4 is 27.7 Å². The largest absolute Gasteiger partial charge is 0.423 e. The summed E-state index contributed by atoms with van der Waals surface area (Å²) in [5.74, 6) is -0.981. The van der Waals surface area contributed by atoms with Gasteiger partial charge in [0.15, 0.2) is 5.78 Å². The van der Waals surface area contributed by atoms with Gasteiger partial charge in [0, 0.05) is 10.0 Å². The summed E-state index contributed by atoms with van der Waals surface area (Å²) in [7, 11) is 0. The van der Waals surface area contributed by atoms with E-state index in [-0.39, 0.29) is 17.1 Å². The molecule has 0 aliphatic rings. The van der Waals surface area contributed by atoms with Crippen LogP contribution in [-0.4, -0.2) is 11.8 Å². The monoisotopic (exact) mass is 336 g/mol. The van der Waals surface area contributed by atoms with Crippen LogP contribution < -0.4 is 4.74 Å². The third kappa shape index (κ3) is 3.30. The Bertz CT molecular complexity index is 665. The fourth-order valence-electron chi connectivity index (χ4n) is 1.57. The van der Waals surface area contributed by atoms with Gasteiger partial charge >= 0.3 is 5.97 Å². The van der Waals surface area contributed by atoms with E-state index < -0.39 is 11.8 Å². The topological polar surface area (TPSA) is 43.4 Å². The van der Waals surface area contributed by atoms with Crippen molar-refractivity contribution in [2.45, 2.75) is 6.92 Å². The molecule has 0 bridgehead atoms. The minimum absolute atomic E-state index is 0.0734. The van der Waals surface area contributed by atoms with Gasteiger partial charge in [-0.1, -0.05) is 0 Å². The van der Waals surface area contributed by atoms with Crippen LogP contribution in [0.2, 0.25) is 0 Å². The third-order valence-electron chi connectivity index (χ3n) is 2.62. The standard InChI is InChI=1S/C15H10BrFO3/c1-9(18)10-2-5-12(6-3-10)20-15(19)13-8-11(17)4-7-14(13)16/h2-8H,1H3. The van der Waals surface area contributed by atoms with Crippen molar-refractivity contribution < 1.29 is 18.7 Å². The van der Waals surface area contributed by atoms with Crippen molar-refractivity contribution in [2.75, 3.05) is 0 Å². The number of rotatable bonds is 3. The average molecular weight is 337 g/mol.